The minimum atomic E-state index is -0.965. The average molecular weight is 212 g/mol. The zero-order valence-electron chi connectivity index (χ0n) is 7.91. The highest BCUT2D eigenvalue weighted by Gasteiger charge is 2.38. The Kier molecular flexibility index (Phi) is 2.08. The third kappa shape index (κ3) is 1.33. The van der Waals surface area contributed by atoms with Crippen LogP contribution in [0.4, 0.5) is 0 Å². The number of thiazole rings is 1. The third-order valence-electron chi connectivity index (χ3n) is 2.67. The van der Waals surface area contributed by atoms with Crippen LogP contribution in [0, 0.1) is 6.92 Å². The largest absolute Gasteiger partial charge is 0.476 e. The Labute approximate surface area is 85.8 Å². The Bertz CT molecular complexity index is 382. The zero-order valence-corrected chi connectivity index (χ0v) is 8.73. The fourth-order valence-electron chi connectivity index (χ4n) is 1.58. The van der Waals surface area contributed by atoms with Crippen molar-refractivity contribution < 1.29 is 9.90 Å². The minimum absolute atomic E-state index is 0.154. The molecule has 0 radical (unpaired) electrons. The number of carboxylic acid groups (broad SMARTS) is 1. The van der Waals surface area contributed by atoms with Gasteiger partial charge in [0.1, 0.15) is 5.01 Å². The van der Waals surface area contributed by atoms with Gasteiger partial charge in [0.05, 0.1) is 5.54 Å². The van der Waals surface area contributed by atoms with E-state index in [0.29, 0.717) is 0 Å². The van der Waals surface area contributed by atoms with E-state index >= 15 is 0 Å². The highest BCUT2D eigenvalue weighted by Crippen LogP contribution is 2.40. The molecule has 4 nitrogen and oxygen atoms in total. The van der Waals surface area contributed by atoms with Crippen LogP contribution in [0.25, 0.3) is 0 Å². The Morgan fingerprint density at radius 3 is 2.64 bits per heavy atom. The Hall–Kier alpha value is -0.940. The first-order valence-corrected chi connectivity index (χ1v) is 5.35. The molecule has 3 N–H and O–H groups in total. The number of carboxylic acids is 1. The Balaban J connectivity index is 2.37. The molecule has 14 heavy (non-hydrogen) atoms. The smallest absolute Gasteiger partial charge is 0.355 e. The summed E-state index contributed by atoms with van der Waals surface area (Å²) in [6.45, 7) is 1.77. The number of hydrogen-bond donors (Lipinski definition) is 2. The van der Waals surface area contributed by atoms with Crippen LogP contribution in [-0.4, -0.2) is 16.1 Å². The number of aryl methyl sites for hydroxylation is 1. The maximum Gasteiger partial charge on any atom is 0.355 e. The molecule has 1 heterocycles. The van der Waals surface area contributed by atoms with Gasteiger partial charge in [-0.25, -0.2) is 9.78 Å². The van der Waals surface area contributed by atoms with E-state index in [-0.39, 0.29) is 11.2 Å². The summed E-state index contributed by atoms with van der Waals surface area (Å²) >= 11 is 1.41. The number of rotatable bonds is 2. The summed E-state index contributed by atoms with van der Waals surface area (Å²) in [5.41, 5.74) is 5.87. The lowest BCUT2D eigenvalue weighted by Gasteiger charge is -2.35. The lowest BCUT2D eigenvalue weighted by Crippen LogP contribution is -2.43. The normalized spacial score (nSPS) is 19.0. The summed E-state index contributed by atoms with van der Waals surface area (Å²) in [4.78, 5) is 15.6. The third-order valence-corrected chi connectivity index (χ3v) is 3.86. The molecule has 0 amide bonds. The lowest BCUT2D eigenvalue weighted by molar-refractivity contribution is 0.0690. The van der Waals surface area contributed by atoms with Crippen LogP contribution in [0.5, 0.6) is 0 Å². The van der Waals surface area contributed by atoms with Gasteiger partial charge >= 0.3 is 5.97 Å². The molecular formula is C9H12N2O2S. The van der Waals surface area contributed by atoms with E-state index in [0.717, 1.165) is 29.1 Å². The minimum Gasteiger partial charge on any atom is -0.476 e. The second-order valence-electron chi connectivity index (χ2n) is 3.74. The maximum absolute atomic E-state index is 10.8. The van der Waals surface area contributed by atoms with Gasteiger partial charge in [-0.1, -0.05) is 0 Å². The van der Waals surface area contributed by atoms with Crippen molar-refractivity contribution in [1.29, 1.82) is 0 Å². The van der Waals surface area contributed by atoms with Crippen molar-refractivity contribution in [2.45, 2.75) is 31.7 Å². The number of nitrogens with two attached hydrogens (primary N) is 1. The van der Waals surface area contributed by atoms with Crippen LogP contribution in [0.3, 0.4) is 0 Å². The van der Waals surface area contributed by atoms with Crippen LogP contribution in [-0.2, 0) is 5.54 Å². The number of carbonyl (C=O) groups is 1. The molecule has 0 spiro atoms. The molecule has 0 unspecified atom stereocenters. The van der Waals surface area contributed by atoms with Gasteiger partial charge in [-0.3, -0.25) is 0 Å². The molecule has 2 rings (SSSR count). The van der Waals surface area contributed by atoms with Gasteiger partial charge in [0.15, 0.2) is 5.69 Å². The fourth-order valence-corrected chi connectivity index (χ4v) is 2.64. The average Bonchev–Trinajstić information content (AvgIpc) is 2.43. The molecule has 0 saturated heterocycles. The van der Waals surface area contributed by atoms with Crippen LogP contribution in [0.15, 0.2) is 0 Å². The summed E-state index contributed by atoms with van der Waals surface area (Å²) in [6, 6.07) is 0. The fraction of sp³-hybridized carbons (Fsp3) is 0.556. The van der Waals surface area contributed by atoms with E-state index in [9.17, 15) is 4.79 Å². The number of aromatic nitrogens is 1. The van der Waals surface area contributed by atoms with Gasteiger partial charge in [0.2, 0.25) is 0 Å². The molecule has 1 aliphatic carbocycles. The molecule has 1 aliphatic rings. The number of nitrogens with zero attached hydrogens (tertiary/aromatic N) is 1. The van der Waals surface area contributed by atoms with Gasteiger partial charge in [-0.2, -0.15) is 0 Å². The SMILES string of the molecule is Cc1sc(C2(N)CCC2)nc1C(=O)O. The van der Waals surface area contributed by atoms with E-state index < -0.39 is 5.97 Å². The Morgan fingerprint density at radius 2 is 2.29 bits per heavy atom. The molecule has 0 aliphatic heterocycles. The molecule has 1 saturated carbocycles. The molecule has 1 aromatic heterocycles. The monoisotopic (exact) mass is 212 g/mol. The van der Waals surface area contributed by atoms with E-state index in [4.69, 9.17) is 10.8 Å². The van der Waals surface area contributed by atoms with E-state index in [2.05, 4.69) is 4.98 Å². The van der Waals surface area contributed by atoms with Crippen molar-refractivity contribution in [3.8, 4) is 0 Å². The second kappa shape index (κ2) is 3.03. The van der Waals surface area contributed by atoms with Gasteiger partial charge < -0.3 is 10.8 Å². The van der Waals surface area contributed by atoms with Crippen LogP contribution in [0.1, 0.15) is 39.6 Å². The van der Waals surface area contributed by atoms with Crippen molar-refractivity contribution in [2.75, 3.05) is 0 Å². The summed E-state index contributed by atoms with van der Waals surface area (Å²) in [5, 5.41) is 9.62. The van der Waals surface area contributed by atoms with Crippen LogP contribution < -0.4 is 5.73 Å². The lowest BCUT2D eigenvalue weighted by atomic mass is 9.78. The van der Waals surface area contributed by atoms with Gasteiger partial charge in [0.25, 0.3) is 0 Å². The maximum atomic E-state index is 10.8. The van der Waals surface area contributed by atoms with Gasteiger partial charge in [0, 0.05) is 4.88 Å². The van der Waals surface area contributed by atoms with Gasteiger partial charge in [-0.05, 0) is 26.2 Å². The Morgan fingerprint density at radius 1 is 1.64 bits per heavy atom. The summed E-state index contributed by atoms with van der Waals surface area (Å²) in [5.74, 6) is -0.965. The first-order chi connectivity index (χ1) is 6.53. The molecule has 1 fully saturated rings. The number of hydrogen-bond acceptors (Lipinski definition) is 4. The quantitative estimate of drug-likeness (QED) is 0.778. The highest BCUT2D eigenvalue weighted by molar-refractivity contribution is 7.12. The predicted molar refractivity (Wildman–Crippen MR) is 53.5 cm³/mol. The molecule has 5 heteroatoms. The van der Waals surface area contributed by atoms with Crippen molar-refractivity contribution in [3.63, 3.8) is 0 Å². The summed E-state index contributed by atoms with van der Waals surface area (Å²) in [6.07, 6.45) is 2.94. The van der Waals surface area contributed by atoms with Gasteiger partial charge in [-0.15, -0.1) is 11.3 Å². The van der Waals surface area contributed by atoms with Crippen molar-refractivity contribution in [2.24, 2.45) is 5.73 Å². The van der Waals surface area contributed by atoms with Crippen molar-refractivity contribution in [1.82, 2.24) is 4.98 Å². The van der Waals surface area contributed by atoms with E-state index in [1.54, 1.807) is 6.92 Å². The second-order valence-corrected chi connectivity index (χ2v) is 4.94. The van der Waals surface area contributed by atoms with Crippen molar-refractivity contribution in [3.05, 3.63) is 15.6 Å². The van der Waals surface area contributed by atoms with Crippen LogP contribution in [0.2, 0.25) is 0 Å². The number of aromatic carboxylic acids is 1. The van der Waals surface area contributed by atoms with Crippen LogP contribution >= 0.6 is 11.3 Å². The topological polar surface area (TPSA) is 76.2 Å². The first-order valence-electron chi connectivity index (χ1n) is 4.53. The highest BCUT2D eigenvalue weighted by atomic mass is 32.1. The van der Waals surface area contributed by atoms with E-state index in [1.165, 1.54) is 11.3 Å². The molecule has 76 valence electrons. The van der Waals surface area contributed by atoms with E-state index in [1.807, 2.05) is 0 Å². The predicted octanol–water partition coefficient (Wildman–Crippen LogP) is 1.49. The standard InChI is InChI=1S/C9H12N2O2S/c1-5-6(7(12)13)11-8(14-5)9(10)3-2-4-9/h2-4,10H2,1H3,(H,12,13). The molecule has 0 atom stereocenters. The molecule has 0 aromatic carbocycles. The molecule has 0 bridgehead atoms. The van der Waals surface area contributed by atoms with Crippen molar-refractivity contribution >= 4 is 17.3 Å². The first kappa shape index (κ1) is 9.61. The summed E-state index contributed by atoms with van der Waals surface area (Å²) in [7, 11) is 0. The molecular weight excluding hydrogens is 200 g/mol. The molecule has 1 aromatic rings. The zero-order chi connectivity index (χ0) is 10.3. The summed E-state index contributed by atoms with van der Waals surface area (Å²) < 4.78 is 0.